The molecule has 1 fully saturated rings. The smallest absolute Gasteiger partial charge is 0.148 e. The molecule has 1 aliphatic rings. The number of nitrogens with two attached hydrogens (primary N) is 1. The van der Waals surface area contributed by atoms with E-state index in [-0.39, 0.29) is 0 Å². The summed E-state index contributed by atoms with van der Waals surface area (Å²) in [6.07, 6.45) is 2.39. The third kappa shape index (κ3) is 2.79. The highest BCUT2D eigenvalue weighted by Crippen LogP contribution is 2.29. The molecule has 106 valence electrons. The van der Waals surface area contributed by atoms with E-state index in [4.69, 9.17) is 10.6 Å². The molecule has 0 amide bonds. The lowest BCUT2D eigenvalue weighted by Crippen LogP contribution is -2.44. The van der Waals surface area contributed by atoms with Crippen LogP contribution in [0.4, 0.5) is 11.6 Å². The fourth-order valence-electron chi connectivity index (χ4n) is 2.69. The van der Waals surface area contributed by atoms with Gasteiger partial charge >= 0.3 is 0 Å². The zero-order valence-electron chi connectivity index (χ0n) is 12.1. The lowest BCUT2D eigenvalue weighted by Gasteiger charge is -2.38. The summed E-state index contributed by atoms with van der Waals surface area (Å²) in [6, 6.07) is 0.400. The number of hydrazine groups is 1. The van der Waals surface area contributed by atoms with Gasteiger partial charge < -0.3 is 15.1 Å². The standard InChI is InChI=1S/C13H23N5O/c1-8-7-11(19-4)5-6-18(8)13-9(2)12(17-14)15-10(3)16-13/h8,11H,5-7,14H2,1-4H3,(H,15,16,17). The summed E-state index contributed by atoms with van der Waals surface area (Å²) in [5.74, 6) is 7.92. The lowest BCUT2D eigenvalue weighted by molar-refractivity contribution is 0.0719. The van der Waals surface area contributed by atoms with Gasteiger partial charge in [0, 0.05) is 25.3 Å². The molecule has 1 aliphatic heterocycles. The van der Waals surface area contributed by atoms with Gasteiger partial charge in [-0.2, -0.15) is 0 Å². The summed E-state index contributed by atoms with van der Waals surface area (Å²) in [4.78, 5) is 11.2. The van der Waals surface area contributed by atoms with E-state index in [1.54, 1.807) is 7.11 Å². The predicted octanol–water partition coefficient (Wildman–Crippen LogP) is 1.38. The number of aromatic nitrogens is 2. The highest BCUT2D eigenvalue weighted by atomic mass is 16.5. The first kappa shape index (κ1) is 14.0. The van der Waals surface area contributed by atoms with Crippen molar-refractivity contribution >= 4 is 11.6 Å². The Morgan fingerprint density at radius 3 is 2.68 bits per heavy atom. The van der Waals surface area contributed by atoms with Crippen LogP contribution in [0.5, 0.6) is 0 Å². The Morgan fingerprint density at radius 2 is 2.11 bits per heavy atom. The van der Waals surface area contributed by atoms with Crippen molar-refractivity contribution < 1.29 is 4.74 Å². The molecule has 6 nitrogen and oxygen atoms in total. The molecule has 2 atom stereocenters. The second kappa shape index (κ2) is 5.71. The van der Waals surface area contributed by atoms with Crippen LogP contribution in [0.15, 0.2) is 0 Å². The topological polar surface area (TPSA) is 76.3 Å². The molecule has 0 aliphatic carbocycles. The van der Waals surface area contributed by atoms with E-state index in [1.807, 2.05) is 13.8 Å². The first-order chi connectivity index (χ1) is 9.06. The van der Waals surface area contributed by atoms with Gasteiger partial charge in [-0.25, -0.2) is 15.8 Å². The van der Waals surface area contributed by atoms with Crippen LogP contribution in [-0.4, -0.2) is 35.8 Å². The van der Waals surface area contributed by atoms with Gasteiger partial charge in [-0.3, -0.25) is 0 Å². The number of ether oxygens (including phenoxy) is 1. The number of methoxy groups -OCH3 is 1. The molecule has 0 bridgehead atoms. The molecule has 0 aromatic carbocycles. The fourth-order valence-corrected chi connectivity index (χ4v) is 2.69. The Morgan fingerprint density at radius 1 is 1.37 bits per heavy atom. The van der Waals surface area contributed by atoms with Crippen LogP contribution < -0.4 is 16.2 Å². The molecule has 1 saturated heterocycles. The van der Waals surface area contributed by atoms with Gasteiger partial charge in [0.15, 0.2) is 0 Å². The summed E-state index contributed by atoms with van der Waals surface area (Å²) in [7, 11) is 1.78. The molecule has 2 unspecified atom stereocenters. The van der Waals surface area contributed by atoms with E-state index < -0.39 is 0 Å². The predicted molar refractivity (Wildman–Crippen MR) is 76.2 cm³/mol. The van der Waals surface area contributed by atoms with Crippen LogP contribution in [0.3, 0.4) is 0 Å². The highest BCUT2D eigenvalue weighted by molar-refractivity contribution is 5.58. The average Bonchev–Trinajstić information content (AvgIpc) is 2.41. The summed E-state index contributed by atoms with van der Waals surface area (Å²) in [5.41, 5.74) is 3.64. The van der Waals surface area contributed by atoms with E-state index in [0.29, 0.717) is 18.0 Å². The average molecular weight is 265 g/mol. The van der Waals surface area contributed by atoms with Crippen molar-refractivity contribution in [1.82, 2.24) is 9.97 Å². The van der Waals surface area contributed by atoms with Crippen LogP contribution in [0, 0.1) is 13.8 Å². The van der Waals surface area contributed by atoms with E-state index in [1.165, 1.54) is 0 Å². The number of aryl methyl sites for hydroxylation is 1. The third-order valence-corrected chi connectivity index (χ3v) is 3.80. The number of hydrogen-bond donors (Lipinski definition) is 2. The summed E-state index contributed by atoms with van der Waals surface area (Å²) >= 11 is 0. The SMILES string of the molecule is COC1CCN(c2nc(C)nc(NN)c2C)C(C)C1. The number of hydrogen-bond acceptors (Lipinski definition) is 6. The van der Waals surface area contributed by atoms with Gasteiger partial charge in [-0.15, -0.1) is 0 Å². The highest BCUT2D eigenvalue weighted by Gasteiger charge is 2.28. The van der Waals surface area contributed by atoms with Crippen molar-refractivity contribution in [1.29, 1.82) is 0 Å². The number of nitrogens with one attached hydrogen (secondary N) is 1. The minimum Gasteiger partial charge on any atom is -0.381 e. The Balaban J connectivity index is 2.29. The molecule has 0 spiro atoms. The minimum absolute atomic E-state index is 0.349. The normalized spacial score (nSPS) is 23.5. The van der Waals surface area contributed by atoms with Crippen LogP contribution >= 0.6 is 0 Å². The van der Waals surface area contributed by atoms with Gasteiger partial charge in [0.05, 0.1) is 6.10 Å². The molecule has 2 rings (SSSR count). The minimum atomic E-state index is 0.349. The molecular weight excluding hydrogens is 242 g/mol. The second-order valence-electron chi connectivity index (χ2n) is 5.14. The Hall–Kier alpha value is -1.40. The van der Waals surface area contributed by atoms with Crippen molar-refractivity contribution in [2.24, 2.45) is 5.84 Å². The van der Waals surface area contributed by atoms with E-state index in [2.05, 4.69) is 27.2 Å². The van der Waals surface area contributed by atoms with E-state index >= 15 is 0 Å². The molecule has 6 heteroatoms. The molecule has 1 aromatic heterocycles. The Bertz CT molecular complexity index is 451. The van der Waals surface area contributed by atoms with Crippen molar-refractivity contribution in [3.05, 3.63) is 11.4 Å². The number of nitrogen functional groups attached to an aromatic ring is 1. The van der Waals surface area contributed by atoms with Crippen LogP contribution in [0.25, 0.3) is 0 Å². The Labute approximate surface area is 114 Å². The quantitative estimate of drug-likeness (QED) is 0.635. The maximum atomic E-state index is 5.52. The largest absolute Gasteiger partial charge is 0.381 e. The number of nitrogens with zero attached hydrogens (tertiary/aromatic N) is 3. The summed E-state index contributed by atoms with van der Waals surface area (Å²) in [6.45, 7) is 7.04. The molecule has 1 aromatic rings. The van der Waals surface area contributed by atoms with E-state index in [0.717, 1.165) is 36.6 Å². The monoisotopic (exact) mass is 265 g/mol. The zero-order chi connectivity index (χ0) is 14.0. The number of rotatable bonds is 3. The van der Waals surface area contributed by atoms with Crippen molar-refractivity contribution in [3.8, 4) is 0 Å². The van der Waals surface area contributed by atoms with Gasteiger partial charge in [0.2, 0.25) is 0 Å². The maximum Gasteiger partial charge on any atom is 0.148 e. The number of anilines is 2. The van der Waals surface area contributed by atoms with Gasteiger partial charge in [-0.1, -0.05) is 0 Å². The molecule has 19 heavy (non-hydrogen) atoms. The molecule has 3 N–H and O–H groups in total. The molecule has 0 saturated carbocycles. The fraction of sp³-hybridized carbons (Fsp3) is 0.692. The van der Waals surface area contributed by atoms with Gasteiger partial charge in [0.25, 0.3) is 0 Å². The summed E-state index contributed by atoms with van der Waals surface area (Å²) < 4.78 is 5.45. The molecule has 2 heterocycles. The van der Waals surface area contributed by atoms with Crippen molar-refractivity contribution in [2.75, 3.05) is 24.0 Å². The van der Waals surface area contributed by atoms with Gasteiger partial charge in [0.1, 0.15) is 17.5 Å². The Kier molecular flexibility index (Phi) is 4.21. The van der Waals surface area contributed by atoms with Crippen molar-refractivity contribution in [3.63, 3.8) is 0 Å². The third-order valence-electron chi connectivity index (χ3n) is 3.80. The zero-order valence-corrected chi connectivity index (χ0v) is 12.1. The second-order valence-corrected chi connectivity index (χ2v) is 5.14. The van der Waals surface area contributed by atoms with E-state index in [9.17, 15) is 0 Å². The summed E-state index contributed by atoms with van der Waals surface area (Å²) in [5, 5.41) is 0. The molecular formula is C13H23N5O. The van der Waals surface area contributed by atoms with Crippen LogP contribution in [-0.2, 0) is 4.74 Å². The van der Waals surface area contributed by atoms with Gasteiger partial charge in [-0.05, 0) is 33.6 Å². The lowest BCUT2D eigenvalue weighted by atomic mass is 10.00. The number of piperidine rings is 1. The molecule has 0 radical (unpaired) electrons. The first-order valence-corrected chi connectivity index (χ1v) is 6.68. The maximum absolute atomic E-state index is 5.52. The van der Waals surface area contributed by atoms with Crippen molar-refractivity contribution in [2.45, 2.75) is 45.8 Å². The van der Waals surface area contributed by atoms with Crippen LogP contribution in [0.1, 0.15) is 31.2 Å². The first-order valence-electron chi connectivity index (χ1n) is 6.68. The van der Waals surface area contributed by atoms with Crippen LogP contribution in [0.2, 0.25) is 0 Å².